The Balaban J connectivity index is 2.55. The van der Waals surface area contributed by atoms with Crippen molar-refractivity contribution in [2.24, 2.45) is 10.9 Å². The van der Waals surface area contributed by atoms with Gasteiger partial charge in [0.05, 0.1) is 0 Å². The van der Waals surface area contributed by atoms with Gasteiger partial charge in [0.2, 0.25) is 0 Å². The van der Waals surface area contributed by atoms with Crippen molar-refractivity contribution < 1.29 is 24.6 Å². The maximum atomic E-state index is 10.4. The molecule has 1 heterocycles. The van der Waals surface area contributed by atoms with Crippen molar-refractivity contribution in [3.63, 3.8) is 0 Å². The highest BCUT2D eigenvalue weighted by Crippen LogP contribution is 2.13. The van der Waals surface area contributed by atoms with E-state index in [1.807, 2.05) is 0 Å². The molecule has 0 aromatic heterocycles. The van der Waals surface area contributed by atoms with Crippen LogP contribution in [0.25, 0.3) is 0 Å². The predicted octanol–water partition coefficient (Wildman–Crippen LogP) is -1.37. The number of carboxylic acids is 2. The Morgan fingerprint density at radius 3 is 2.62 bits per heavy atom. The molecule has 13 heavy (non-hydrogen) atoms. The van der Waals surface area contributed by atoms with E-state index in [9.17, 15) is 9.59 Å². The smallest absolute Gasteiger partial charge is 0.353 e. The Bertz CT molecular complexity index is 274. The number of nitrogens with zero attached hydrogens (tertiary/aromatic N) is 1. The zero-order chi connectivity index (χ0) is 10.0. The van der Waals surface area contributed by atoms with Crippen LogP contribution in [-0.2, 0) is 14.4 Å². The number of oxime groups is 1. The summed E-state index contributed by atoms with van der Waals surface area (Å²) in [5.41, 5.74) is 4.99. The summed E-state index contributed by atoms with van der Waals surface area (Å²) in [7, 11) is 0. The molecule has 0 fully saturated rings. The molecule has 1 aliphatic rings. The van der Waals surface area contributed by atoms with Crippen LogP contribution in [-0.4, -0.2) is 40.0 Å². The van der Waals surface area contributed by atoms with Crippen molar-refractivity contribution >= 4 is 17.7 Å². The van der Waals surface area contributed by atoms with Crippen molar-refractivity contribution in [1.82, 2.24) is 0 Å². The Morgan fingerprint density at radius 2 is 2.23 bits per heavy atom. The number of hydrogen-bond acceptors (Lipinski definition) is 5. The van der Waals surface area contributed by atoms with E-state index >= 15 is 0 Å². The first-order valence-electron chi connectivity index (χ1n) is 3.46. The Hall–Kier alpha value is -1.63. The second-order valence-electron chi connectivity index (χ2n) is 2.56. The molecule has 7 nitrogen and oxygen atoms in total. The quantitative estimate of drug-likeness (QED) is 0.502. The summed E-state index contributed by atoms with van der Waals surface area (Å²) in [6.07, 6.45) is -0.966. The van der Waals surface area contributed by atoms with Crippen molar-refractivity contribution in [2.45, 2.75) is 18.6 Å². The third kappa shape index (κ3) is 1.94. The van der Waals surface area contributed by atoms with Crippen LogP contribution in [0.3, 0.4) is 0 Å². The van der Waals surface area contributed by atoms with Gasteiger partial charge >= 0.3 is 11.9 Å². The van der Waals surface area contributed by atoms with Crippen LogP contribution in [0.15, 0.2) is 5.16 Å². The molecule has 0 amide bonds. The van der Waals surface area contributed by atoms with E-state index in [-0.39, 0.29) is 12.1 Å². The fraction of sp³-hybridized carbons (Fsp3) is 0.500. The summed E-state index contributed by atoms with van der Waals surface area (Å²) < 4.78 is 0. The van der Waals surface area contributed by atoms with Crippen molar-refractivity contribution in [1.29, 1.82) is 0 Å². The molecule has 0 saturated heterocycles. The summed E-state index contributed by atoms with van der Waals surface area (Å²) in [5.74, 6) is -2.47. The van der Waals surface area contributed by atoms with Gasteiger partial charge in [0.15, 0.2) is 11.8 Å². The Kier molecular flexibility index (Phi) is 2.47. The normalized spacial score (nSPS) is 23.2. The highest BCUT2D eigenvalue weighted by Gasteiger charge is 2.34. The number of rotatable bonds is 3. The van der Waals surface area contributed by atoms with Gasteiger partial charge in [-0.2, -0.15) is 0 Å². The van der Waals surface area contributed by atoms with Gasteiger partial charge in [-0.1, -0.05) is 5.16 Å². The van der Waals surface area contributed by atoms with Gasteiger partial charge in [-0.25, -0.2) is 4.79 Å². The molecule has 72 valence electrons. The van der Waals surface area contributed by atoms with E-state index in [1.54, 1.807) is 0 Å². The van der Waals surface area contributed by atoms with E-state index in [0.29, 0.717) is 0 Å². The summed E-state index contributed by atoms with van der Waals surface area (Å²) in [4.78, 5) is 25.3. The molecule has 0 saturated carbocycles. The maximum absolute atomic E-state index is 10.4. The van der Waals surface area contributed by atoms with Crippen molar-refractivity contribution in [2.75, 3.05) is 0 Å². The lowest BCUT2D eigenvalue weighted by molar-refractivity contribution is -0.142. The fourth-order valence-electron chi connectivity index (χ4n) is 0.874. The molecular formula is C6H8N2O5. The van der Waals surface area contributed by atoms with Crippen LogP contribution in [0, 0.1) is 0 Å². The molecule has 0 radical (unpaired) electrons. The zero-order valence-corrected chi connectivity index (χ0v) is 6.51. The molecule has 0 spiro atoms. The Morgan fingerprint density at radius 1 is 1.62 bits per heavy atom. The number of hydrogen-bond donors (Lipinski definition) is 3. The number of carbonyl (C=O) groups is 2. The van der Waals surface area contributed by atoms with Gasteiger partial charge < -0.3 is 20.8 Å². The average Bonchev–Trinajstić information content (AvgIpc) is 2.50. The van der Waals surface area contributed by atoms with Crippen LogP contribution in [0.1, 0.15) is 6.42 Å². The molecule has 0 unspecified atom stereocenters. The van der Waals surface area contributed by atoms with Crippen LogP contribution in [0.2, 0.25) is 0 Å². The maximum Gasteiger partial charge on any atom is 0.353 e. The summed E-state index contributed by atoms with van der Waals surface area (Å²) >= 11 is 0. The number of carboxylic acid groups (broad SMARTS) is 2. The van der Waals surface area contributed by atoms with Gasteiger partial charge in [-0.05, 0) is 0 Å². The molecule has 1 rings (SSSR count). The summed E-state index contributed by atoms with van der Waals surface area (Å²) in [5, 5.41) is 20.1. The molecule has 7 heteroatoms. The molecule has 1 aliphatic heterocycles. The van der Waals surface area contributed by atoms with Crippen LogP contribution in [0.5, 0.6) is 0 Å². The second kappa shape index (κ2) is 3.40. The van der Waals surface area contributed by atoms with Crippen LogP contribution in [0.4, 0.5) is 0 Å². The Labute approximate surface area is 72.8 Å². The topological polar surface area (TPSA) is 122 Å². The van der Waals surface area contributed by atoms with Crippen LogP contribution >= 0.6 is 0 Å². The van der Waals surface area contributed by atoms with E-state index in [1.165, 1.54) is 0 Å². The largest absolute Gasteiger partial charge is 0.480 e. The molecular weight excluding hydrogens is 180 g/mol. The third-order valence-corrected chi connectivity index (χ3v) is 1.63. The highest BCUT2D eigenvalue weighted by molar-refractivity contribution is 6.35. The third-order valence-electron chi connectivity index (χ3n) is 1.63. The second-order valence-corrected chi connectivity index (χ2v) is 2.56. The fourth-order valence-corrected chi connectivity index (χ4v) is 0.874. The molecule has 0 bridgehead atoms. The van der Waals surface area contributed by atoms with E-state index in [2.05, 4.69) is 9.99 Å². The average molecular weight is 188 g/mol. The van der Waals surface area contributed by atoms with Crippen LogP contribution < -0.4 is 5.73 Å². The minimum atomic E-state index is -1.25. The van der Waals surface area contributed by atoms with Gasteiger partial charge in [-0.3, -0.25) is 4.79 Å². The van der Waals surface area contributed by atoms with Gasteiger partial charge in [0.1, 0.15) is 6.04 Å². The zero-order valence-electron chi connectivity index (χ0n) is 6.51. The molecule has 0 aliphatic carbocycles. The van der Waals surface area contributed by atoms with Crippen molar-refractivity contribution in [3.05, 3.63) is 0 Å². The molecule has 4 N–H and O–H groups in total. The highest BCUT2D eigenvalue weighted by atomic mass is 16.6. The molecule has 2 atom stereocenters. The molecule has 0 aromatic carbocycles. The lowest BCUT2D eigenvalue weighted by Gasteiger charge is -2.11. The SMILES string of the molecule is N[C@@H](C(=O)O)[C@@H]1CC(C(=O)O)=NO1. The molecule has 0 aromatic rings. The first-order chi connectivity index (χ1) is 6.02. The summed E-state index contributed by atoms with van der Waals surface area (Å²) in [6, 6.07) is -1.25. The van der Waals surface area contributed by atoms with Gasteiger partial charge in [0.25, 0.3) is 0 Å². The first-order valence-corrected chi connectivity index (χ1v) is 3.46. The lowest BCUT2D eigenvalue weighted by atomic mass is 10.1. The number of aliphatic carboxylic acids is 2. The minimum Gasteiger partial charge on any atom is -0.480 e. The van der Waals surface area contributed by atoms with E-state index < -0.39 is 24.1 Å². The van der Waals surface area contributed by atoms with E-state index in [4.69, 9.17) is 15.9 Å². The minimum absolute atomic E-state index is 0.0806. The standard InChI is InChI=1S/C6H8N2O5/c7-4(6(11)12)3-1-2(5(9)10)8-13-3/h3-4H,1,7H2,(H,9,10)(H,11,12)/t3-,4+/m0/s1. The van der Waals surface area contributed by atoms with Crippen molar-refractivity contribution in [3.8, 4) is 0 Å². The van der Waals surface area contributed by atoms with E-state index in [0.717, 1.165) is 0 Å². The van der Waals surface area contributed by atoms with Gasteiger partial charge in [0, 0.05) is 6.42 Å². The number of nitrogens with two attached hydrogens (primary N) is 1. The first kappa shape index (κ1) is 9.46. The van der Waals surface area contributed by atoms with Gasteiger partial charge in [-0.15, -0.1) is 0 Å². The lowest BCUT2D eigenvalue weighted by Crippen LogP contribution is -2.42. The predicted molar refractivity (Wildman–Crippen MR) is 40.2 cm³/mol. The summed E-state index contributed by atoms with van der Waals surface area (Å²) in [6.45, 7) is 0. The monoisotopic (exact) mass is 188 g/mol.